The topological polar surface area (TPSA) is 66.5 Å². The van der Waals surface area contributed by atoms with Gasteiger partial charge in [0.2, 0.25) is 15.9 Å². The summed E-state index contributed by atoms with van der Waals surface area (Å²) >= 11 is 0. The number of aryl methyl sites for hydroxylation is 1. The van der Waals surface area contributed by atoms with Crippen LogP contribution in [0.15, 0.2) is 71.6 Å². The molecule has 0 aliphatic carbocycles. The zero-order valence-corrected chi connectivity index (χ0v) is 17.9. The number of carbonyl (C=O) groups excluding carboxylic acids is 1. The summed E-state index contributed by atoms with van der Waals surface area (Å²) in [6, 6.07) is 21.1. The zero-order chi connectivity index (χ0) is 21.1. The van der Waals surface area contributed by atoms with Crippen molar-refractivity contribution < 1.29 is 13.2 Å². The number of sulfonamides is 1. The minimum atomic E-state index is -3.58. The molecule has 0 bridgehead atoms. The van der Waals surface area contributed by atoms with Gasteiger partial charge in [0, 0.05) is 19.6 Å². The fourth-order valence-corrected chi connectivity index (χ4v) is 5.44. The molecule has 0 spiro atoms. The van der Waals surface area contributed by atoms with Crippen molar-refractivity contribution in [2.75, 3.05) is 13.1 Å². The van der Waals surface area contributed by atoms with E-state index < -0.39 is 10.0 Å². The van der Waals surface area contributed by atoms with Crippen LogP contribution < -0.4 is 5.32 Å². The van der Waals surface area contributed by atoms with Crippen molar-refractivity contribution in [1.29, 1.82) is 0 Å². The number of benzene rings is 3. The molecule has 1 amide bonds. The number of carbonyl (C=O) groups is 1. The third-order valence-electron chi connectivity index (χ3n) is 5.69. The van der Waals surface area contributed by atoms with Crippen molar-refractivity contribution in [3.63, 3.8) is 0 Å². The lowest BCUT2D eigenvalue weighted by Crippen LogP contribution is -2.45. The van der Waals surface area contributed by atoms with Gasteiger partial charge in [-0.25, -0.2) is 8.42 Å². The molecule has 1 N–H and O–H groups in total. The van der Waals surface area contributed by atoms with Crippen LogP contribution in [0.3, 0.4) is 0 Å². The molecule has 3 aromatic rings. The molecule has 0 saturated carbocycles. The minimum Gasteiger partial charge on any atom is -0.352 e. The molecule has 156 valence electrons. The van der Waals surface area contributed by atoms with E-state index in [4.69, 9.17) is 0 Å². The van der Waals surface area contributed by atoms with Gasteiger partial charge in [0.25, 0.3) is 0 Å². The van der Waals surface area contributed by atoms with Crippen LogP contribution in [-0.4, -0.2) is 31.7 Å². The molecule has 3 aromatic carbocycles. The highest BCUT2D eigenvalue weighted by atomic mass is 32.2. The van der Waals surface area contributed by atoms with E-state index in [0.29, 0.717) is 25.9 Å². The predicted molar refractivity (Wildman–Crippen MR) is 118 cm³/mol. The molecule has 0 radical (unpaired) electrons. The molecule has 1 aliphatic heterocycles. The number of amides is 1. The summed E-state index contributed by atoms with van der Waals surface area (Å²) in [5.41, 5.74) is 2.04. The molecule has 30 heavy (non-hydrogen) atoms. The van der Waals surface area contributed by atoms with Crippen LogP contribution in [0.25, 0.3) is 10.8 Å². The lowest BCUT2D eigenvalue weighted by molar-refractivity contribution is -0.126. The van der Waals surface area contributed by atoms with Gasteiger partial charge in [-0.15, -0.1) is 0 Å². The van der Waals surface area contributed by atoms with Crippen molar-refractivity contribution in [1.82, 2.24) is 9.62 Å². The molecule has 5 nitrogen and oxygen atoms in total. The van der Waals surface area contributed by atoms with Gasteiger partial charge in [-0.1, -0.05) is 54.1 Å². The highest BCUT2D eigenvalue weighted by Crippen LogP contribution is 2.24. The summed E-state index contributed by atoms with van der Waals surface area (Å²) in [4.78, 5) is 13.0. The van der Waals surface area contributed by atoms with Gasteiger partial charge in [0.15, 0.2) is 0 Å². The number of fused-ring (bicyclic) bond motifs is 1. The summed E-state index contributed by atoms with van der Waals surface area (Å²) in [6.07, 6.45) is 1.38. The number of hydrogen-bond donors (Lipinski definition) is 1. The molecule has 6 heteroatoms. The van der Waals surface area contributed by atoms with Gasteiger partial charge in [-0.05, 0) is 54.3 Å². The van der Waals surface area contributed by atoms with E-state index in [0.717, 1.165) is 21.9 Å². The van der Waals surface area contributed by atoms with Crippen LogP contribution in [0.4, 0.5) is 0 Å². The Bertz CT molecular complexity index is 1160. The molecule has 1 atom stereocenters. The Morgan fingerprint density at radius 2 is 1.77 bits per heavy atom. The molecule has 1 aliphatic rings. The first kappa shape index (κ1) is 20.6. The first-order valence-electron chi connectivity index (χ1n) is 10.3. The lowest BCUT2D eigenvalue weighted by atomic mass is 9.98. The van der Waals surface area contributed by atoms with Crippen molar-refractivity contribution >= 4 is 26.7 Å². The normalized spacial score (nSPS) is 17.7. The first-order chi connectivity index (χ1) is 14.4. The van der Waals surface area contributed by atoms with Crippen LogP contribution in [0.2, 0.25) is 0 Å². The molecule has 0 unspecified atom stereocenters. The van der Waals surface area contributed by atoms with Gasteiger partial charge < -0.3 is 5.32 Å². The third-order valence-corrected chi connectivity index (χ3v) is 7.57. The van der Waals surface area contributed by atoms with Crippen LogP contribution in [0.1, 0.15) is 24.0 Å². The molecule has 0 aromatic heterocycles. The summed E-state index contributed by atoms with van der Waals surface area (Å²) < 4.78 is 27.4. The molecular weight excluding hydrogens is 396 g/mol. The fourth-order valence-electron chi connectivity index (χ4n) is 3.92. The van der Waals surface area contributed by atoms with Gasteiger partial charge in [0.05, 0.1) is 10.8 Å². The fraction of sp³-hybridized carbons (Fsp3) is 0.292. The van der Waals surface area contributed by atoms with E-state index in [1.54, 1.807) is 24.3 Å². The Hall–Kier alpha value is -2.70. The molecule has 1 saturated heterocycles. The van der Waals surface area contributed by atoms with E-state index >= 15 is 0 Å². The molecule has 1 heterocycles. The average molecular weight is 423 g/mol. The van der Waals surface area contributed by atoms with Gasteiger partial charge in [0.1, 0.15) is 0 Å². The Labute approximate surface area is 177 Å². The van der Waals surface area contributed by atoms with E-state index in [1.807, 2.05) is 31.2 Å². The second-order valence-electron chi connectivity index (χ2n) is 7.91. The number of piperidine rings is 1. The Morgan fingerprint density at radius 3 is 2.53 bits per heavy atom. The number of nitrogens with one attached hydrogen (secondary N) is 1. The van der Waals surface area contributed by atoms with E-state index in [-0.39, 0.29) is 23.3 Å². The van der Waals surface area contributed by atoms with Gasteiger partial charge >= 0.3 is 0 Å². The molecule has 4 rings (SSSR count). The van der Waals surface area contributed by atoms with Crippen LogP contribution in [-0.2, 0) is 21.4 Å². The zero-order valence-electron chi connectivity index (χ0n) is 17.0. The second kappa shape index (κ2) is 8.58. The maximum absolute atomic E-state index is 13.0. The summed E-state index contributed by atoms with van der Waals surface area (Å²) in [7, 11) is -3.58. The van der Waals surface area contributed by atoms with E-state index in [9.17, 15) is 13.2 Å². The Kier molecular flexibility index (Phi) is 5.88. The summed E-state index contributed by atoms with van der Waals surface area (Å²) in [6.45, 7) is 3.03. The standard InChI is InChI=1S/C24H26N2O3S/c1-18-8-12-23(13-9-18)30(28,29)26-14-4-7-22(17-26)24(27)25-16-19-10-11-20-5-2-3-6-21(20)15-19/h2-3,5-6,8-13,15,22H,4,7,14,16-17H2,1H3,(H,25,27)/t22-/m0/s1. The first-order valence-corrected chi connectivity index (χ1v) is 11.7. The van der Waals surface area contributed by atoms with Gasteiger partial charge in [-0.3, -0.25) is 4.79 Å². The Balaban J connectivity index is 1.41. The number of nitrogens with zero attached hydrogens (tertiary/aromatic N) is 1. The number of rotatable bonds is 5. The predicted octanol–water partition coefficient (Wildman–Crippen LogP) is 3.87. The lowest BCUT2D eigenvalue weighted by Gasteiger charge is -2.31. The highest BCUT2D eigenvalue weighted by molar-refractivity contribution is 7.89. The largest absolute Gasteiger partial charge is 0.352 e. The SMILES string of the molecule is Cc1ccc(S(=O)(=O)N2CCC[C@H](C(=O)NCc3ccc4ccccc4c3)C2)cc1. The maximum Gasteiger partial charge on any atom is 0.243 e. The van der Waals surface area contributed by atoms with Crippen LogP contribution >= 0.6 is 0 Å². The average Bonchev–Trinajstić information content (AvgIpc) is 2.77. The smallest absolute Gasteiger partial charge is 0.243 e. The molecular formula is C24H26N2O3S. The van der Waals surface area contributed by atoms with Crippen molar-refractivity contribution in [3.05, 3.63) is 77.9 Å². The van der Waals surface area contributed by atoms with Crippen molar-refractivity contribution in [3.8, 4) is 0 Å². The van der Waals surface area contributed by atoms with Crippen LogP contribution in [0, 0.1) is 12.8 Å². The number of hydrogen-bond acceptors (Lipinski definition) is 3. The summed E-state index contributed by atoms with van der Waals surface area (Å²) in [5, 5.41) is 5.29. The second-order valence-corrected chi connectivity index (χ2v) is 9.85. The summed E-state index contributed by atoms with van der Waals surface area (Å²) in [5.74, 6) is -0.425. The third kappa shape index (κ3) is 4.40. The van der Waals surface area contributed by atoms with Crippen molar-refractivity contribution in [2.45, 2.75) is 31.2 Å². The molecule has 1 fully saturated rings. The highest BCUT2D eigenvalue weighted by Gasteiger charge is 2.33. The van der Waals surface area contributed by atoms with Crippen LogP contribution in [0.5, 0.6) is 0 Å². The van der Waals surface area contributed by atoms with E-state index in [1.165, 1.54) is 4.31 Å². The van der Waals surface area contributed by atoms with Crippen molar-refractivity contribution in [2.24, 2.45) is 5.92 Å². The minimum absolute atomic E-state index is 0.0908. The van der Waals surface area contributed by atoms with E-state index in [2.05, 4.69) is 23.5 Å². The maximum atomic E-state index is 13.0. The monoisotopic (exact) mass is 422 g/mol. The quantitative estimate of drug-likeness (QED) is 0.679. The van der Waals surface area contributed by atoms with Gasteiger partial charge in [-0.2, -0.15) is 4.31 Å². The Morgan fingerprint density at radius 1 is 1.03 bits per heavy atom.